The lowest BCUT2D eigenvalue weighted by Gasteiger charge is -2.10. The highest BCUT2D eigenvalue weighted by molar-refractivity contribution is 8.00. The van der Waals surface area contributed by atoms with Crippen LogP contribution in [-0.4, -0.2) is 28.1 Å². The number of carbonyl (C=O) groups excluding carboxylic acids is 1. The minimum atomic E-state index is -0.214. The highest BCUT2D eigenvalue weighted by Crippen LogP contribution is 2.32. The number of hydrogen-bond donors (Lipinski definition) is 0. The number of fused-ring (bicyclic) bond motifs is 1. The van der Waals surface area contributed by atoms with Crippen LogP contribution in [0.4, 0.5) is 0 Å². The molecule has 6 heteroatoms. The molecule has 0 spiro atoms. The van der Waals surface area contributed by atoms with Gasteiger partial charge in [-0.15, -0.1) is 11.3 Å². The maximum atomic E-state index is 12.5. The summed E-state index contributed by atoms with van der Waals surface area (Å²) in [6, 6.07) is 9.14. The predicted molar refractivity (Wildman–Crippen MR) is 90.1 cm³/mol. The van der Waals surface area contributed by atoms with E-state index in [4.69, 9.17) is 4.74 Å². The lowest BCUT2D eigenvalue weighted by Crippen LogP contribution is -2.13. The number of ketones is 1. The average Bonchev–Trinajstić information content (AvgIpc) is 3.04. The van der Waals surface area contributed by atoms with Crippen LogP contribution >= 0.6 is 23.1 Å². The fourth-order valence-corrected chi connectivity index (χ4v) is 3.98. The van der Waals surface area contributed by atoms with E-state index in [1.807, 2.05) is 18.4 Å². The number of aromatic nitrogens is 2. The predicted octanol–water partition coefficient (Wildman–Crippen LogP) is 4.06. The lowest BCUT2D eigenvalue weighted by molar-refractivity contribution is 0.0994. The zero-order valence-corrected chi connectivity index (χ0v) is 13.8. The fraction of sp³-hybridized carbons (Fsp3) is 0.188. The number of thioether (sulfide) groups is 1. The first-order valence-electron chi connectivity index (χ1n) is 6.72. The molecule has 3 aromatic rings. The molecule has 1 aromatic carbocycles. The number of benzene rings is 1. The molecule has 0 radical (unpaired) electrons. The van der Waals surface area contributed by atoms with Gasteiger partial charge in [0.1, 0.15) is 17.1 Å². The van der Waals surface area contributed by atoms with E-state index >= 15 is 0 Å². The molecule has 0 N–H and O–H groups in total. The number of rotatable bonds is 5. The van der Waals surface area contributed by atoms with E-state index in [1.54, 1.807) is 49.0 Å². The highest BCUT2D eigenvalue weighted by atomic mass is 32.2. The normalized spacial score (nSPS) is 12.3. The maximum absolute atomic E-state index is 12.5. The van der Waals surface area contributed by atoms with Gasteiger partial charge in [0, 0.05) is 5.56 Å². The van der Waals surface area contributed by atoms with Gasteiger partial charge >= 0.3 is 0 Å². The van der Waals surface area contributed by atoms with Gasteiger partial charge in [0.25, 0.3) is 0 Å². The molecule has 2 aromatic heterocycles. The smallest absolute Gasteiger partial charge is 0.175 e. The van der Waals surface area contributed by atoms with Crippen LogP contribution in [0.1, 0.15) is 17.3 Å². The topological polar surface area (TPSA) is 52.1 Å². The third-order valence-electron chi connectivity index (χ3n) is 3.24. The number of Topliss-reactive ketones (excluding diaryl/α,β-unsaturated/α-hetero) is 1. The van der Waals surface area contributed by atoms with Gasteiger partial charge in [0.15, 0.2) is 5.78 Å². The summed E-state index contributed by atoms with van der Waals surface area (Å²) in [6.45, 7) is 1.90. The van der Waals surface area contributed by atoms with Crippen LogP contribution in [0.15, 0.2) is 47.1 Å². The van der Waals surface area contributed by atoms with Crippen LogP contribution in [0.3, 0.4) is 0 Å². The van der Waals surface area contributed by atoms with Crippen molar-refractivity contribution in [3.05, 3.63) is 47.6 Å². The van der Waals surface area contributed by atoms with Gasteiger partial charge in [0.2, 0.25) is 0 Å². The molecule has 22 heavy (non-hydrogen) atoms. The van der Waals surface area contributed by atoms with Crippen molar-refractivity contribution in [1.82, 2.24) is 9.97 Å². The van der Waals surface area contributed by atoms with Crippen molar-refractivity contribution in [1.29, 1.82) is 0 Å². The molecule has 2 heterocycles. The summed E-state index contributed by atoms with van der Waals surface area (Å²) in [5.74, 6) is 0.823. The number of hydrogen-bond acceptors (Lipinski definition) is 6. The molecule has 0 aliphatic rings. The van der Waals surface area contributed by atoms with Crippen LogP contribution in [0, 0.1) is 0 Å². The Morgan fingerprint density at radius 2 is 2.00 bits per heavy atom. The van der Waals surface area contributed by atoms with E-state index in [-0.39, 0.29) is 11.0 Å². The molecule has 0 saturated heterocycles. The number of thiophene rings is 1. The van der Waals surface area contributed by atoms with Gasteiger partial charge in [-0.3, -0.25) is 4.79 Å². The summed E-state index contributed by atoms with van der Waals surface area (Å²) in [5, 5.41) is 2.63. The van der Waals surface area contributed by atoms with Crippen molar-refractivity contribution in [2.45, 2.75) is 17.2 Å². The zero-order chi connectivity index (χ0) is 15.5. The Hall–Kier alpha value is -1.92. The third kappa shape index (κ3) is 2.98. The minimum Gasteiger partial charge on any atom is -0.497 e. The Bertz CT molecular complexity index is 799. The van der Waals surface area contributed by atoms with Gasteiger partial charge in [-0.05, 0) is 42.6 Å². The number of methoxy groups -OCH3 is 1. The minimum absolute atomic E-state index is 0.0796. The van der Waals surface area contributed by atoms with E-state index in [0.29, 0.717) is 5.56 Å². The zero-order valence-electron chi connectivity index (χ0n) is 12.1. The second kappa shape index (κ2) is 6.46. The molecule has 0 saturated carbocycles. The van der Waals surface area contributed by atoms with Crippen molar-refractivity contribution in [2.75, 3.05) is 7.11 Å². The van der Waals surface area contributed by atoms with E-state index in [1.165, 1.54) is 11.8 Å². The van der Waals surface area contributed by atoms with E-state index in [9.17, 15) is 4.79 Å². The Kier molecular flexibility index (Phi) is 4.40. The molecule has 0 aliphatic carbocycles. The fourth-order valence-electron chi connectivity index (χ4n) is 2.06. The molecule has 4 nitrogen and oxygen atoms in total. The van der Waals surface area contributed by atoms with E-state index < -0.39 is 0 Å². The Morgan fingerprint density at radius 1 is 1.23 bits per heavy atom. The molecule has 1 atom stereocenters. The Labute approximate surface area is 136 Å². The number of ether oxygens (including phenoxy) is 1. The Balaban J connectivity index is 1.79. The summed E-state index contributed by atoms with van der Waals surface area (Å²) in [7, 11) is 1.61. The van der Waals surface area contributed by atoms with Gasteiger partial charge in [0.05, 0.1) is 22.6 Å². The highest BCUT2D eigenvalue weighted by Gasteiger charge is 2.19. The molecule has 112 valence electrons. The quantitative estimate of drug-likeness (QED) is 0.401. The molecular formula is C16H14N2O2S2. The van der Waals surface area contributed by atoms with Crippen molar-refractivity contribution in [3.63, 3.8) is 0 Å². The summed E-state index contributed by atoms with van der Waals surface area (Å²) < 4.78 is 6.14. The van der Waals surface area contributed by atoms with Crippen molar-refractivity contribution in [2.24, 2.45) is 0 Å². The first-order chi connectivity index (χ1) is 10.7. The lowest BCUT2D eigenvalue weighted by atomic mass is 10.1. The Morgan fingerprint density at radius 3 is 2.73 bits per heavy atom. The van der Waals surface area contributed by atoms with E-state index in [0.717, 1.165) is 21.0 Å². The summed E-state index contributed by atoms with van der Waals surface area (Å²) in [4.78, 5) is 21.1. The van der Waals surface area contributed by atoms with E-state index in [2.05, 4.69) is 9.97 Å². The van der Waals surface area contributed by atoms with Gasteiger partial charge in [-0.1, -0.05) is 11.8 Å². The largest absolute Gasteiger partial charge is 0.497 e. The first kappa shape index (κ1) is 15.0. The van der Waals surface area contributed by atoms with Crippen LogP contribution in [0.2, 0.25) is 0 Å². The van der Waals surface area contributed by atoms with Crippen LogP contribution < -0.4 is 4.74 Å². The van der Waals surface area contributed by atoms with Gasteiger partial charge in [-0.2, -0.15) is 0 Å². The monoisotopic (exact) mass is 330 g/mol. The molecule has 1 unspecified atom stereocenters. The second-order valence-corrected chi connectivity index (χ2v) is 6.91. The molecular weight excluding hydrogens is 316 g/mol. The molecule has 0 aliphatic heterocycles. The molecule has 0 amide bonds. The van der Waals surface area contributed by atoms with Gasteiger partial charge in [-0.25, -0.2) is 9.97 Å². The van der Waals surface area contributed by atoms with Gasteiger partial charge < -0.3 is 4.74 Å². The summed E-state index contributed by atoms with van der Waals surface area (Å²) >= 11 is 3.06. The van der Waals surface area contributed by atoms with Crippen molar-refractivity contribution in [3.8, 4) is 5.75 Å². The number of carbonyl (C=O) groups is 1. The summed E-state index contributed by atoms with van der Waals surface area (Å²) in [6.07, 6.45) is 1.54. The average molecular weight is 330 g/mol. The standard InChI is InChI=1S/C16H14N2O2S2/c1-10(14(19)11-3-5-12(20-2)6-4-11)22-16-15-13(7-8-21-15)17-9-18-16/h3-10H,1-2H3. The van der Waals surface area contributed by atoms with Crippen LogP contribution in [-0.2, 0) is 0 Å². The first-order valence-corrected chi connectivity index (χ1v) is 8.48. The summed E-state index contributed by atoms with van der Waals surface area (Å²) in [5.41, 5.74) is 1.60. The van der Waals surface area contributed by atoms with Crippen molar-refractivity contribution < 1.29 is 9.53 Å². The second-order valence-electron chi connectivity index (χ2n) is 4.67. The van der Waals surface area contributed by atoms with Crippen LogP contribution in [0.5, 0.6) is 5.75 Å². The maximum Gasteiger partial charge on any atom is 0.175 e. The molecule has 0 bridgehead atoms. The number of nitrogens with zero attached hydrogens (tertiary/aromatic N) is 2. The molecule has 0 fully saturated rings. The third-order valence-corrected chi connectivity index (χ3v) is 5.38. The SMILES string of the molecule is COc1ccc(C(=O)C(C)Sc2ncnc3ccsc23)cc1. The molecule has 3 rings (SSSR count). The van der Waals surface area contributed by atoms with Crippen molar-refractivity contribution >= 4 is 39.1 Å². The van der Waals surface area contributed by atoms with Crippen LogP contribution in [0.25, 0.3) is 10.2 Å².